The highest BCUT2D eigenvalue weighted by atomic mass is 127. The highest BCUT2D eigenvalue weighted by molar-refractivity contribution is 14.1. The molecule has 0 saturated carbocycles. The smallest absolute Gasteiger partial charge is 0.343 e. The van der Waals surface area contributed by atoms with E-state index in [0.29, 0.717) is 11.9 Å². The van der Waals surface area contributed by atoms with E-state index >= 15 is 0 Å². The largest absolute Gasteiger partial charge is 0.462 e. The molecular formula is C15H16INO3. The number of fused-ring (bicyclic) bond motifs is 1. The molecule has 0 unspecified atom stereocenters. The molecule has 0 fully saturated rings. The molecule has 0 spiro atoms. The van der Waals surface area contributed by atoms with Crippen molar-refractivity contribution in [3.05, 3.63) is 43.2 Å². The minimum Gasteiger partial charge on any atom is -0.462 e. The van der Waals surface area contributed by atoms with Crippen molar-refractivity contribution < 1.29 is 9.53 Å². The van der Waals surface area contributed by atoms with Crippen molar-refractivity contribution in [2.45, 2.75) is 27.3 Å². The molecule has 106 valence electrons. The molecule has 0 amide bonds. The zero-order valence-corrected chi connectivity index (χ0v) is 13.9. The van der Waals surface area contributed by atoms with Gasteiger partial charge < -0.3 is 9.30 Å². The van der Waals surface area contributed by atoms with E-state index in [1.54, 1.807) is 13.1 Å². The summed E-state index contributed by atoms with van der Waals surface area (Å²) in [4.78, 5) is 24.5. The molecule has 2 aromatic rings. The van der Waals surface area contributed by atoms with Crippen LogP contribution in [0.15, 0.2) is 23.1 Å². The van der Waals surface area contributed by atoms with E-state index < -0.39 is 5.97 Å². The number of ether oxygens (including phenoxy) is 1. The average Bonchev–Trinajstić information content (AvgIpc) is 2.43. The first-order valence-corrected chi connectivity index (χ1v) is 7.58. The molecule has 1 aromatic carbocycles. The van der Waals surface area contributed by atoms with E-state index in [1.807, 2.05) is 30.5 Å². The van der Waals surface area contributed by atoms with Gasteiger partial charge >= 0.3 is 5.97 Å². The van der Waals surface area contributed by atoms with Gasteiger partial charge in [0.05, 0.1) is 17.5 Å². The summed E-state index contributed by atoms with van der Waals surface area (Å²) in [5.74, 6) is -0.556. The fourth-order valence-electron chi connectivity index (χ4n) is 2.23. The van der Waals surface area contributed by atoms with Crippen molar-refractivity contribution in [3.63, 3.8) is 0 Å². The van der Waals surface area contributed by atoms with Gasteiger partial charge in [-0.2, -0.15) is 0 Å². The monoisotopic (exact) mass is 385 g/mol. The Kier molecular flexibility index (Phi) is 4.47. The van der Waals surface area contributed by atoms with Crippen molar-refractivity contribution in [1.29, 1.82) is 0 Å². The van der Waals surface area contributed by atoms with Crippen LogP contribution in [0.1, 0.15) is 29.8 Å². The van der Waals surface area contributed by atoms with Gasteiger partial charge in [-0.15, -0.1) is 0 Å². The number of esters is 1. The van der Waals surface area contributed by atoms with Crippen molar-refractivity contribution in [1.82, 2.24) is 4.57 Å². The highest BCUT2D eigenvalue weighted by Crippen LogP contribution is 2.21. The number of hydrogen-bond acceptors (Lipinski definition) is 3. The van der Waals surface area contributed by atoms with Gasteiger partial charge in [0.25, 0.3) is 0 Å². The molecule has 1 aromatic heterocycles. The Balaban J connectivity index is 2.87. The first-order chi connectivity index (χ1) is 9.51. The molecule has 0 bridgehead atoms. The minimum atomic E-state index is -0.556. The second kappa shape index (κ2) is 5.95. The lowest BCUT2D eigenvalue weighted by atomic mass is 10.1. The number of carbonyl (C=O) groups is 1. The third kappa shape index (κ3) is 2.46. The standard InChI is InChI=1S/C15H16INO3/c1-4-17-8-10(15(19)20-5-2)14(18)13-9(3)11(16)6-7-12(13)17/h6-8H,4-5H2,1-3H3. The van der Waals surface area contributed by atoms with Crippen molar-refractivity contribution in [2.24, 2.45) is 0 Å². The third-order valence-corrected chi connectivity index (χ3v) is 4.45. The van der Waals surface area contributed by atoms with Crippen LogP contribution in [0.4, 0.5) is 0 Å². The molecule has 2 rings (SSSR count). The van der Waals surface area contributed by atoms with Crippen LogP contribution in [0, 0.1) is 10.5 Å². The van der Waals surface area contributed by atoms with E-state index in [2.05, 4.69) is 22.6 Å². The Labute approximate surface area is 130 Å². The summed E-state index contributed by atoms with van der Waals surface area (Å²) in [5, 5.41) is 0.601. The first-order valence-electron chi connectivity index (χ1n) is 6.50. The fourth-order valence-corrected chi connectivity index (χ4v) is 2.68. The summed E-state index contributed by atoms with van der Waals surface area (Å²) in [6.07, 6.45) is 1.59. The van der Waals surface area contributed by atoms with Crippen LogP contribution in [0.25, 0.3) is 10.9 Å². The van der Waals surface area contributed by atoms with E-state index in [0.717, 1.165) is 14.7 Å². The normalized spacial score (nSPS) is 10.8. The van der Waals surface area contributed by atoms with Crippen LogP contribution >= 0.6 is 22.6 Å². The lowest BCUT2D eigenvalue weighted by molar-refractivity contribution is 0.0524. The summed E-state index contributed by atoms with van der Waals surface area (Å²) < 4.78 is 7.89. The molecule has 20 heavy (non-hydrogen) atoms. The average molecular weight is 385 g/mol. The lowest BCUT2D eigenvalue weighted by Gasteiger charge is -2.13. The molecule has 0 aliphatic rings. The third-order valence-electron chi connectivity index (χ3n) is 3.28. The molecule has 0 saturated heterocycles. The number of pyridine rings is 1. The molecule has 0 aliphatic heterocycles. The molecule has 5 heteroatoms. The Hall–Kier alpha value is -1.37. The van der Waals surface area contributed by atoms with Gasteiger partial charge in [-0.1, -0.05) is 0 Å². The van der Waals surface area contributed by atoms with Gasteiger partial charge in [-0.05, 0) is 61.1 Å². The Morgan fingerprint density at radius 1 is 1.35 bits per heavy atom. The minimum absolute atomic E-state index is 0.103. The number of halogens is 1. The Bertz CT molecular complexity index is 734. The SMILES string of the molecule is CCOC(=O)c1cn(CC)c2ccc(I)c(C)c2c1=O. The second-order valence-corrected chi connectivity index (χ2v) is 5.61. The lowest BCUT2D eigenvalue weighted by Crippen LogP contribution is -2.21. The topological polar surface area (TPSA) is 48.3 Å². The summed E-state index contributed by atoms with van der Waals surface area (Å²) in [5.41, 5.74) is 1.61. The molecular weight excluding hydrogens is 369 g/mol. The van der Waals surface area contributed by atoms with Crippen LogP contribution in [-0.4, -0.2) is 17.1 Å². The van der Waals surface area contributed by atoms with Crippen molar-refractivity contribution in [3.8, 4) is 0 Å². The quantitative estimate of drug-likeness (QED) is 0.603. The molecule has 0 aliphatic carbocycles. The van der Waals surface area contributed by atoms with Crippen molar-refractivity contribution in [2.75, 3.05) is 6.61 Å². The van der Waals surface area contributed by atoms with Gasteiger partial charge in [-0.3, -0.25) is 4.79 Å². The van der Waals surface area contributed by atoms with Crippen LogP contribution < -0.4 is 5.43 Å². The van der Waals surface area contributed by atoms with Crippen LogP contribution in [0.2, 0.25) is 0 Å². The summed E-state index contributed by atoms with van der Waals surface area (Å²) in [6, 6.07) is 3.90. The van der Waals surface area contributed by atoms with E-state index in [4.69, 9.17) is 4.74 Å². The number of nitrogens with zero attached hydrogens (tertiary/aromatic N) is 1. The van der Waals surface area contributed by atoms with E-state index in [1.165, 1.54) is 0 Å². The molecule has 0 N–H and O–H groups in total. The van der Waals surface area contributed by atoms with Gasteiger partial charge in [0.1, 0.15) is 5.56 Å². The maximum atomic E-state index is 12.6. The maximum Gasteiger partial charge on any atom is 0.343 e. The van der Waals surface area contributed by atoms with Crippen molar-refractivity contribution >= 4 is 39.5 Å². The predicted octanol–water partition coefficient (Wildman–Crippen LogP) is 3.11. The van der Waals surface area contributed by atoms with E-state index in [-0.39, 0.29) is 17.6 Å². The number of aromatic nitrogens is 1. The second-order valence-electron chi connectivity index (χ2n) is 4.44. The summed E-state index contributed by atoms with van der Waals surface area (Å²) >= 11 is 2.19. The van der Waals surface area contributed by atoms with Gasteiger partial charge in [0, 0.05) is 16.3 Å². The number of benzene rings is 1. The maximum absolute atomic E-state index is 12.6. The van der Waals surface area contributed by atoms with Gasteiger partial charge in [0.2, 0.25) is 5.43 Å². The predicted molar refractivity (Wildman–Crippen MR) is 87.3 cm³/mol. The van der Waals surface area contributed by atoms with Gasteiger partial charge in [0.15, 0.2) is 0 Å². The zero-order valence-electron chi connectivity index (χ0n) is 11.7. The Morgan fingerprint density at radius 2 is 2.05 bits per heavy atom. The molecule has 0 atom stereocenters. The zero-order chi connectivity index (χ0) is 14.9. The van der Waals surface area contributed by atoms with Gasteiger partial charge in [-0.25, -0.2) is 4.79 Å². The summed E-state index contributed by atoms with van der Waals surface area (Å²) in [7, 11) is 0. The Morgan fingerprint density at radius 3 is 2.65 bits per heavy atom. The summed E-state index contributed by atoms with van der Waals surface area (Å²) in [6.45, 7) is 6.55. The number of hydrogen-bond donors (Lipinski definition) is 0. The number of rotatable bonds is 3. The first kappa shape index (κ1) is 15.0. The van der Waals surface area contributed by atoms with Crippen LogP contribution in [-0.2, 0) is 11.3 Å². The number of aryl methyl sites for hydroxylation is 2. The fraction of sp³-hybridized carbons (Fsp3) is 0.333. The number of carbonyl (C=O) groups excluding carboxylic acids is 1. The van der Waals surface area contributed by atoms with E-state index in [9.17, 15) is 9.59 Å². The highest BCUT2D eigenvalue weighted by Gasteiger charge is 2.18. The molecule has 4 nitrogen and oxygen atoms in total. The molecule has 1 heterocycles. The molecule has 0 radical (unpaired) electrons. The van der Waals surface area contributed by atoms with Crippen LogP contribution in [0.5, 0.6) is 0 Å². The van der Waals surface area contributed by atoms with Crippen LogP contribution in [0.3, 0.4) is 0 Å².